The SMILES string of the molecule is NC(=O)c1nnn2c(C(=O)NCc3ccc(C(=O)O)cc3)cc(C(=O)NCc3cccc(CNc4c(N)c(=O)c4=O)c3)nc12. The molecule has 3 amide bonds. The molecule has 0 aliphatic rings. The maximum atomic E-state index is 13.1. The van der Waals surface area contributed by atoms with E-state index in [-0.39, 0.29) is 59.3 Å². The summed E-state index contributed by atoms with van der Waals surface area (Å²) in [6.07, 6.45) is 0. The third-order valence-corrected chi connectivity index (χ3v) is 6.59. The van der Waals surface area contributed by atoms with Gasteiger partial charge in [-0.2, -0.15) is 4.52 Å². The normalized spacial score (nSPS) is 10.9. The highest BCUT2D eigenvalue weighted by molar-refractivity contribution is 6.01. The molecule has 0 fully saturated rings. The van der Waals surface area contributed by atoms with Crippen molar-refractivity contribution in [1.82, 2.24) is 30.4 Å². The number of carboxylic acid groups (broad SMARTS) is 1. The molecule has 5 rings (SSSR count). The van der Waals surface area contributed by atoms with Crippen LogP contribution < -0.4 is 38.3 Å². The first-order chi connectivity index (χ1) is 21.0. The molecule has 0 saturated carbocycles. The van der Waals surface area contributed by atoms with Crippen molar-refractivity contribution in [2.75, 3.05) is 11.1 Å². The molecule has 0 unspecified atom stereocenters. The van der Waals surface area contributed by atoms with Gasteiger partial charge in [-0.3, -0.25) is 24.0 Å². The molecule has 0 radical (unpaired) electrons. The van der Waals surface area contributed by atoms with Crippen LogP contribution in [0.3, 0.4) is 0 Å². The first-order valence-corrected chi connectivity index (χ1v) is 12.9. The van der Waals surface area contributed by atoms with Crippen LogP contribution in [0.15, 0.2) is 64.2 Å². The van der Waals surface area contributed by atoms with Crippen LogP contribution in [0, 0.1) is 0 Å². The highest BCUT2D eigenvalue weighted by Gasteiger charge is 2.23. The van der Waals surface area contributed by atoms with E-state index in [0.717, 1.165) is 10.1 Å². The summed E-state index contributed by atoms with van der Waals surface area (Å²) in [6.45, 7) is 0.276. The molecule has 8 N–H and O–H groups in total. The molecule has 0 aliphatic heterocycles. The lowest BCUT2D eigenvalue weighted by molar-refractivity contribution is 0.0696. The number of nitrogens with zero attached hydrogens (tertiary/aromatic N) is 4. The highest BCUT2D eigenvalue weighted by atomic mass is 16.4. The van der Waals surface area contributed by atoms with Crippen LogP contribution in [0.25, 0.3) is 5.65 Å². The monoisotopic (exact) mass is 597 g/mol. The number of nitrogen functional groups attached to an aromatic ring is 1. The van der Waals surface area contributed by atoms with Gasteiger partial charge in [0, 0.05) is 25.7 Å². The molecule has 0 bridgehead atoms. The average molecular weight is 598 g/mol. The molecule has 3 aromatic carbocycles. The van der Waals surface area contributed by atoms with E-state index >= 15 is 0 Å². The minimum Gasteiger partial charge on any atom is -0.478 e. The van der Waals surface area contributed by atoms with Crippen molar-refractivity contribution in [3.63, 3.8) is 0 Å². The number of carbonyl (C=O) groups excluding carboxylic acids is 3. The molecule has 5 aromatic rings. The van der Waals surface area contributed by atoms with Crippen LogP contribution in [0.4, 0.5) is 11.4 Å². The van der Waals surface area contributed by atoms with E-state index in [1.807, 2.05) is 0 Å². The first-order valence-electron chi connectivity index (χ1n) is 12.9. The number of fused-ring (bicyclic) bond motifs is 1. The smallest absolute Gasteiger partial charge is 0.335 e. The topological polar surface area (TPSA) is 254 Å². The Balaban J connectivity index is 1.31. The lowest BCUT2D eigenvalue weighted by atomic mass is 10.1. The number of carbonyl (C=O) groups is 4. The van der Waals surface area contributed by atoms with E-state index in [1.165, 1.54) is 30.3 Å². The summed E-state index contributed by atoms with van der Waals surface area (Å²) in [5.41, 5.74) is 10.7. The number of aromatic nitrogens is 4. The second kappa shape index (κ2) is 11.8. The van der Waals surface area contributed by atoms with Gasteiger partial charge >= 0.3 is 5.97 Å². The Bertz CT molecular complexity index is 2030. The van der Waals surface area contributed by atoms with Gasteiger partial charge in [0.25, 0.3) is 28.6 Å². The fraction of sp³-hybridized carbons (Fsp3) is 0.107. The van der Waals surface area contributed by atoms with Gasteiger partial charge in [-0.1, -0.05) is 41.6 Å². The standard InChI is InChI=1S/C28H23N9O7/c29-19-20(23(39)22(19)38)31-11-14-2-1-3-15(8-14)12-32-26(41)17-9-18(37-25(34-17)21(24(30)40)35-36-37)27(42)33-10-13-4-6-16(7-5-13)28(43)44/h1-9,31H,10-12,29H2,(H2,30,40)(H,32,41)(H,33,42)(H,43,44). The second-order valence-electron chi connectivity index (χ2n) is 9.55. The third kappa shape index (κ3) is 5.80. The zero-order chi connectivity index (χ0) is 31.5. The highest BCUT2D eigenvalue weighted by Crippen LogP contribution is 2.14. The molecule has 16 heteroatoms. The van der Waals surface area contributed by atoms with Gasteiger partial charge in [-0.05, 0) is 28.8 Å². The van der Waals surface area contributed by atoms with Crippen molar-refractivity contribution < 1.29 is 24.3 Å². The summed E-state index contributed by atoms with van der Waals surface area (Å²) in [4.78, 5) is 76.3. The Morgan fingerprint density at radius 3 is 2.16 bits per heavy atom. The molecule has 0 aliphatic carbocycles. The number of nitrogens with two attached hydrogens (primary N) is 2. The van der Waals surface area contributed by atoms with E-state index in [2.05, 4.69) is 31.2 Å². The van der Waals surface area contributed by atoms with E-state index in [4.69, 9.17) is 16.6 Å². The number of anilines is 2. The molecule has 16 nitrogen and oxygen atoms in total. The maximum absolute atomic E-state index is 13.1. The second-order valence-corrected chi connectivity index (χ2v) is 9.55. The zero-order valence-corrected chi connectivity index (χ0v) is 22.7. The Kier molecular flexibility index (Phi) is 7.80. The largest absolute Gasteiger partial charge is 0.478 e. The van der Waals surface area contributed by atoms with Crippen LogP contribution in [-0.4, -0.2) is 48.6 Å². The summed E-state index contributed by atoms with van der Waals surface area (Å²) in [6, 6.07) is 14.1. The molecule has 0 atom stereocenters. The Morgan fingerprint density at radius 1 is 0.841 bits per heavy atom. The molecule has 222 valence electrons. The predicted molar refractivity (Wildman–Crippen MR) is 155 cm³/mol. The number of nitrogens with one attached hydrogen (secondary N) is 3. The minimum atomic E-state index is -1.09. The average Bonchev–Trinajstić information content (AvgIpc) is 3.46. The number of hydrogen-bond acceptors (Lipinski definition) is 11. The number of amides is 3. The fourth-order valence-electron chi connectivity index (χ4n) is 4.25. The van der Waals surface area contributed by atoms with Gasteiger partial charge in [0.15, 0.2) is 11.3 Å². The van der Waals surface area contributed by atoms with Crippen molar-refractivity contribution in [3.05, 3.63) is 114 Å². The van der Waals surface area contributed by atoms with Crippen LogP contribution in [0.1, 0.15) is 58.5 Å². The lowest BCUT2D eigenvalue weighted by Gasteiger charge is -2.12. The van der Waals surface area contributed by atoms with E-state index < -0.39 is 34.5 Å². The number of aromatic carboxylic acids is 1. The number of benzene rings is 2. The van der Waals surface area contributed by atoms with Crippen LogP contribution >= 0.6 is 0 Å². The third-order valence-electron chi connectivity index (χ3n) is 6.59. The summed E-state index contributed by atoms with van der Waals surface area (Å²) >= 11 is 0. The molecule has 2 aromatic heterocycles. The van der Waals surface area contributed by atoms with Crippen molar-refractivity contribution in [2.45, 2.75) is 19.6 Å². The zero-order valence-electron chi connectivity index (χ0n) is 22.7. The Labute approximate surface area is 246 Å². The van der Waals surface area contributed by atoms with Gasteiger partial charge in [0.1, 0.15) is 22.8 Å². The quantitative estimate of drug-likeness (QED) is 0.106. The maximum Gasteiger partial charge on any atom is 0.335 e. The molecule has 0 saturated heterocycles. The minimum absolute atomic E-state index is 0.0149. The van der Waals surface area contributed by atoms with Gasteiger partial charge in [-0.25, -0.2) is 9.78 Å². The fourth-order valence-corrected chi connectivity index (χ4v) is 4.25. The van der Waals surface area contributed by atoms with Gasteiger partial charge in [-0.15, -0.1) is 5.10 Å². The van der Waals surface area contributed by atoms with Crippen LogP contribution in [0.5, 0.6) is 0 Å². The van der Waals surface area contributed by atoms with Crippen LogP contribution in [0.2, 0.25) is 0 Å². The summed E-state index contributed by atoms with van der Waals surface area (Å²) in [5.74, 6) is -3.42. The molecule has 2 heterocycles. The molecular weight excluding hydrogens is 574 g/mol. The van der Waals surface area contributed by atoms with Crippen molar-refractivity contribution in [2.24, 2.45) is 5.73 Å². The number of carboxylic acids is 1. The van der Waals surface area contributed by atoms with Gasteiger partial charge in [0.05, 0.1) is 5.56 Å². The number of primary amides is 1. The van der Waals surface area contributed by atoms with Crippen molar-refractivity contribution in [1.29, 1.82) is 0 Å². The molecular formula is C28H23N9O7. The lowest BCUT2D eigenvalue weighted by Crippen LogP contribution is -2.36. The summed E-state index contributed by atoms with van der Waals surface area (Å²) in [7, 11) is 0. The molecule has 44 heavy (non-hydrogen) atoms. The first kappa shape index (κ1) is 29.1. The Morgan fingerprint density at radius 2 is 1.50 bits per heavy atom. The predicted octanol–water partition coefficient (Wildman–Crippen LogP) is -0.428. The van der Waals surface area contributed by atoms with E-state index in [1.54, 1.807) is 24.3 Å². The Hall–Kier alpha value is -6.45. The van der Waals surface area contributed by atoms with Crippen molar-refractivity contribution in [3.8, 4) is 0 Å². The van der Waals surface area contributed by atoms with E-state index in [9.17, 15) is 28.8 Å². The number of hydrogen-bond donors (Lipinski definition) is 6. The number of rotatable bonds is 11. The summed E-state index contributed by atoms with van der Waals surface area (Å²) < 4.78 is 0.985. The van der Waals surface area contributed by atoms with Gasteiger partial charge < -0.3 is 32.5 Å². The van der Waals surface area contributed by atoms with Gasteiger partial charge in [0.2, 0.25) is 0 Å². The molecule has 0 spiro atoms. The van der Waals surface area contributed by atoms with Crippen molar-refractivity contribution >= 4 is 40.7 Å². The summed E-state index contributed by atoms with van der Waals surface area (Å²) in [5, 5.41) is 24.7. The van der Waals surface area contributed by atoms with Crippen LogP contribution in [-0.2, 0) is 19.6 Å². The van der Waals surface area contributed by atoms with E-state index in [0.29, 0.717) is 11.1 Å².